The molecule has 0 aliphatic carbocycles. The number of hydrogen-bond donors (Lipinski definition) is 4. The Morgan fingerprint density at radius 3 is 2.40 bits per heavy atom. The topological polar surface area (TPSA) is 56.8 Å². The summed E-state index contributed by atoms with van der Waals surface area (Å²) in [5, 5.41) is 18.0. The summed E-state index contributed by atoms with van der Waals surface area (Å²) in [4.78, 5) is 2.42. The Morgan fingerprint density at radius 1 is 1.24 bits per heavy atom. The van der Waals surface area contributed by atoms with Crippen molar-refractivity contribution in [1.82, 2.24) is 15.5 Å². The van der Waals surface area contributed by atoms with Gasteiger partial charge in [-0.2, -0.15) is 24.4 Å². The number of rotatable bonds is 13. The maximum atomic E-state index is 10.8. The van der Waals surface area contributed by atoms with Gasteiger partial charge in [-0.15, -0.1) is 0 Å². The van der Waals surface area contributed by atoms with Crippen molar-refractivity contribution in [2.45, 2.75) is 136 Å². The summed E-state index contributed by atoms with van der Waals surface area (Å²) >= 11 is 6.37. The van der Waals surface area contributed by atoms with E-state index in [0.29, 0.717) is 17.8 Å². The number of fused-ring (bicyclic) bond motifs is 2. The predicted molar refractivity (Wildman–Crippen MR) is 204 cm³/mol. The number of thioether (sulfide) groups is 1. The highest BCUT2D eigenvalue weighted by molar-refractivity contribution is 7.99. The molecule has 0 amide bonds. The van der Waals surface area contributed by atoms with Crippen LogP contribution in [0.25, 0.3) is 0 Å². The van der Waals surface area contributed by atoms with E-state index in [9.17, 15) is 5.11 Å². The Morgan fingerprint density at radius 2 is 1.87 bits per heavy atom. The third kappa shape index (κ3) is 11.0. The molecule has 4 unspecified atom stereocenters. The predicted octanol–water partition coefficient (Wildman–Crippen LogP) is 8.57. The molecular formula is C38H69N3O2S2. The van der Waals surface area contributed by atoms with Gasteiger partial charge < -0.3 is 20.5 Å². The van der Waals surface area contributed by atoms with Crippen molar-refractivity contribution >= 4 is 24.4 Å². The van der Waals surface area contributed by atoms with Crippen LogP contribution >= 0.6 is 24.4 Å². The number of aliphatic hydroxyl groups is 1. The highest BCUT2D eigenvalue weighted by Crippen LogP contribution is 2.47. The van der Waals surface area contributed by atoms with Crippen LogP contribution in [0, 0.1) is 5.41 Å². The molecule has 0 saturated heterocycles. The third-order valence-electron chi connectivity index (χ3n) is 10.1. The van der Waals surface area contributed by atoms with Crippen LogP contribution in [0.1, 0.15) is 118 Å². The highest BCUT2D eigenvalue weighted by Gasteiger charge is 2.41. The van der Waals surface area contributed by atoms with Crippen molar-refractivity contribution in [2.24, 2.45) is 5.41 Å². The molecule has 2 aliphatic rings. The number of hydrogen-bond acceptors (Lipinski definition) is 7. The molecule has 1 aromatic carbocycles. The van der Waals surface area contributed by atoms with E-state index < -0.39 is 6.10 Å². The molecule has 0 fully saturated rings. The molecular weight excluding hydrogens is 595 g/mol. The van der Waals surface area contributed by atoms with Gasteiger partial charge in [-0.25, -0.2) is 0 Å². The van der Waals surface area contributed by atoms with Crippen LogP contribution in [-0.4, -0.2) is 72.2 Å². The molecule has 0 saturated carbocycles. The molecule has 7 heteroatoms. The third-order valence-corrected chi connectivity index (χ3v) is 12.2. The van der Waals surface area contributed by atoms with E-state index >= 15 is 0 Å². The van der Waals surface area contributed by atoms with Crippen LogP contribution in [0.3, 0.4) is 0 Å². The van der Waals surface area contributed by atoms with Gasteiger partial charge >= 0.3 is 0 Å². The van der Waals surface area contributed by atoms with E-state index in [4.69, 9.17) is 4.74 Å². The molecule has 5 nitrogen and oxygen atoms in total. The van der Waals surface area contributed by atoms with Gasteiger partial charge in [-0.1, -0.05) is 64.8 Å². The first kappa shape index (κ1) is 42.1. The first-order valence-electron chi connectivity index (χ1n) is 17.1. The van der Waals surface area contributed by atoms with Crippen LogP contribution < -0.4 is 15.4 Å². The van der Waals surface area contributed by atoms with Crippen LogP contribution in [-0.2, 0) is 12.0 Å². The SMILES string of the molecule is C=C(/C=C(\C)C(C)(C)NC)CCC.CC.CSC(CNCC(O)C1CCc2cc3c(cc2O1)C(C)N(C)C3(C)C)C(C)(C)CS. The van der Waals surface area contributed by atoms with E-state index in [1.807, 2.05) is 32.7 Å². The van der Waals surface area contributed by atoms with Crippen LogP contribution in [0.2, 0.25) is 0 Å². The summed E-state index contributed by atoms with van der Waals surface area (Å²) in [7, 11) is 4.18. The number of aliphatic hydroxyl groups excluding tert-OH is 1. The smallest absolute Gasteiger partial charge is 0.126 e. The molecule has 0 radical (unpaired) electrons. The van der Waals surface area contributed by atoms with Crippen molar-refractivity contribution in [1.29, 1.82) is 0 Å². The summed E-state index contributed by atoms with van der Waals surface area (Å²) in [6, 6.07) is 4.94. The number of nitrogens with one attached hydrogen (secondary N) is 2. The summed E-state index contributed by atoms with van der Waals surface area (Å²) < 4.78 is 6.32. The lowest BCUT2D eigenvalue weighted by molar-refractivity contribution is 0.0243. The zero-order valence-corrected chi connectivity index (χ0v) is 33.1. The normalized spacial score (nSPS) is 20.8. The minimum atomic E-state index is -0.510. The molecule has 2 aliphatic heterocycles. The molecule has 4 atom stereocenters. The number of likely N-dealkylation sites (N-methyl/N-ethyl adjacent to an activating group) is 1. The van der Waals surface area contributed by atoms with E-state index in [0.717, 1.165) is 37.3 Å². The van der Waals surface area contributed by atoms with E-state index in [1.54, 1.807) is 0 Å². The molecule has 1 aromatic rings. The summed E-state index contributed by atoms with van der Waals surface area (Å²) in [6.07, 6.45) is 7.75. The number of thiol groups is 1. The van der Waals surface area contributed by atoms with Crippen molar-refractivity contribution in [3.05, 3.63) is 52.6 Å². The largest absolute Gasteiger partial charge is 0.487 e. The van der Waals surface area contributed by atoms with E-state index in [-0.39, 0.29) is 22.6 Å². The molecule has 0 aromatic heterocycles. The lowest BCUT2D eigenvalue weighted by Crippen LogP contribution is -2.45. The maximum Gasteiger partial charge on any atom is 0.126 e. The Hall–Kier alpha value is -0.960. The van der Waals surface area contributed by atoms with Gasteiger partial charge in [0.25, 0.3) is 0 Å². The molecule has 0 spiro atoms. The first-order chi connectivity index (χ1) is 21.0. The van der Waals surface area contributed by atoms with Gasteiger partial charge in [0.05, 0.1) is 0 Å². The number of benzene rings is 1. The molecule has 2 heterocycles. The summed E-state index contributed by atoms with van der Waals surface area (Å²) in [6.45, 7) is 29.5. The van der Waals surface area contributed by atoms with Crippen molar-refractivity contribution in [2.75, 3.05) is 39.2 Å². The fraction of sp³-hybridized carbons (Fsp3) is 0.737. The Kier molecular flexibility index (Phi) is 17.3. The molecule has 260 valence electrons. The van der Waals surface area contributed by atoms with Crippen LogP contribution in [0.5, 0.6) is 5.75 Å². The lowest BCUT2D eigenvalue weighted by Gasteiger charge is -2.34. The maximum absolute atomic E-state index is 10.8. The van der Waals surface area contributed by atoms with E-state index in [1.165, 1.54) is 34.3 Å². The first-order valence-corrected chi connectivity index (χ1v) is 19.0. The van der Waals surface area contributed by atoms with Crippen molar-refractivity contribution < 1.29 is 9.84 Å². The number of ether oxygens (including phenoxy) is 1. The van der Waals surface area contributed by atoms with E-state index in [2.05, 4.69) is 129 Å². The van der Waals surface area contributed by atoms with Gasteiger partial charge in [0.15, 0.2) is 0 Å². The summed E-state index contributed by atoms with van der Waals surface area (Å²) in [5.41, 5.74) is 6.88. The second-order valence-electron chi connectivity index (χ2n) is 14.3. The van der Waals surface area contributed by atoms with Gasteiger partial charge in [0.1, 0.15) is 18.0 Å². The minimum Gasteiger partial charge on any atom is -0.487 e. The minimum absolute atomic E-state index is 0.0404. The zero-order chi connectivity index (χ0) is 34.8. The van der Waals surface area contributed by atoms with Gasteiger partial charge in [-0.3, -0.25) is 4.90 Å². The quantitative estimate of drug-likeness (QED) is 0.125. The molecule has 45 heavy (non-hydrogen) atoms. The fourth-order valence-corrected chi connectivity index (χ4v) is 7.20. The zero-order valence-electron chi connectivity index (χ0n) is 31.4. The second kappa shape index (κ2) is 18.5. The van der Waals surface area contributed by atoms with Gasteiger partial charge in [0.2, 0.25) is 0 Å². The average Bonchev–Trinajstić information content (AvgIpc) is 3.18. The highest BCUT2D eigenvalue weighted by atomic mass is 32.2. The lowest BCUT2D eigenvalue weighted by atomic mass is 9.88. The Labute approximate surface area is 288 Å². The van der Waals surface area contributed by atoms with Crippen molar-refractivity contribution in [3.8, 4) is 5.75 Å². The molecule has 3 N–H and O–H groups in total. The average molecular weight is 664 g/mol. The van der Waals surface area contributed by atoms with Gasteiger partial charge in [-0.05, 0) is 121 Å². The molecule has 0 bridgehead atoms. The number of allylic oxidation sites excluding steroid dienone is 2. The Balaban J connectivity index is 0.000000570. The molecule has 3 rings (SSSR count). The fourth-order valence-electron chi connectivity index (χ4n) is 5.85. The van der Waals surface area contributed by atoms with Gasteiger partial charge in [0, 0.05) is 35.5 Å². The Bertz CT molecular complexity index is 1100. The van der Waals surface area contributed by atoms with Crippen LogP contribution in [0.15, 0.2) is 35.9 Å². The number of aryl methyl sites for hydroxylation is 1. The van der Waals surface area contributed by atoms with Crippen molar-refractivity contribution in [3.63, 3.8) is 0 Å². The second-order valence-corrected chi connectivity index (χ2v) is 15.7. The van der Waals surface area contributed by atoms with Crippen LogP contribution in [0.4, 0.5) is 0 Å². The summed E-state index contributed by atoms with van der Waals surface area (Å²) in [5.74, 6) is 1.81. The number of nitrogens with zero attached hydrogens (tertiary/aromatic N) is 1. The standard InChI is InChI=1S/C24H40N2O2S2.C12H23N.C2H6/c1-15-17-11-21-16(10-18(17)24(4,5)26(15)6)8-9-20(28-21)19(27)12-25-13-22(30-7)23(2,3)14-29;1-7-8-10(2)9-11(3)12(4,5)13-6;1-2/h10-11,15,19-20,22,25,27,29H,8-9,12-14H2,1-7H3;9,13H,2,7-8H2,1,3-6H3;1-2H3/b;11-9+;. The monoisotopic (exact) mass is 663 g/mol.